The molecule has 1 aliphatic rings. The number of halogens is 1. The first kappa shape index (κ1) is 25.7. The Morgan fingerprint density at radius 1 is 0.971 bits per heavy atom. The largest absolute Gasteiger partial charge is 0.468 e. The molecule has 9 nitrogen and oxygen atoms in total. The average molecular weight is 477 g/mol. The smallest absolute Gasteiger partial charge is 0.309 e. The van der Waals surface area contributed by atoms with Gasteiger partial charge in [0.05, 0.1) is 18.8 Å². The predicted molar refractivity (Wildman–Crippen MR) is 125 cm³/mol. The normalized spacial score (nSPS) is 15.4. The molecular weight excluding hydrogens is 443 g/mol. The van der Waals surface area contributed by atoms with Crippen molar-refractivity contribution in [2.75, 3.05) is 57.4 Å². The molecule has 186 valence electrons. The first-order chi connectivity index (χ1) is 16.5. The van der Waals surface area contributed by atoms with E-state index in [9.17, 15) is 14.0 Å². The standard InChI is InChI=1S/C24H33FN4O5/c1-3-32-22(33-4-2)17-27-24(31)23(30)26-16-20(21-6-5-15-34-21)29-13-11-28(12-14-29)19-9-7-18(25)8-10-19/h5-10,15,20,22H,3-4,11-14,16-17H2,1-2H3,(H,26,30)(H,27,31)/t20-/m1/s1. The van der Waals surface area contributed by atoms with Crippen molar-refractivity contribution in [3.8, 4) is 0 Å². The number of ether oxygens (including phenoxy) is 2. The maximum absolute atomic E-state index is 13.2. The van der Waals surface area contributed by atoms with E-state index in [0.717, 1.165) is 31.9 Å². The third-order valence-corrected chi connectivity index (χ3v) is 5.62. The van der Waals surface area contributed by atoms with Crippen LogP contribution in [0.25, 0.3) is 0 Å². The van der Waals surface area contributed by atoms with Crippen molar-refractivity contribution in [3.05, 3.63) is 54.2 Å². The van der Waals surface area contributed by atoms with E-state index in [-0.39, 0.29) is 24.9 Å². The number of hydrogen-bond donors (Lipinski definition) is 2. The second kappa shape index (κ2) is 13.1. The number of nitrogens with one attached hydrogen (secondary N) is 2. The van der Waals surface area contributed by atoms with E-state index in [1.807, 2.05) is 19.9 Å². The number of carbonyl (C=O) groups excluding carboxylic acids is 2. The van der Waals surface area contributed by atoms with Crippen molar-refractivity contribution in [1.82, 2.24) is 15.5 Å². The number of benzene rings is 1. The minimum atomic E-state index is -0.747. The zero-order valence-corrected chi connectivity index (χ0v) is 19.7. The summed E-state index contributed by atoms with van der Waals surface area (Å²) in [6, 6.07) is 9.90. The van der Waals surface area contributed by atoms with Gasteiger partial charge in [0, 0.05) is 51.6 Å². The lowest BCUT2D eigenvalue weighted by Gasteiger charge is -2.39. The van der Waals surface area contributed by atoms with Gasteiger partial charge in [-0.25, -0.2) is 4.39 Å². The van der Waals surface area contributed by atoms with Crippen molar-refractivity contribution in [1.29, 1.82) is 0 Å². The Balaban J connectivity index is 1.53. The van der Waals surface area contributed by atoms with Gasteiger partial charge in [-0.15, -0.1) is 0 Å². The molecule has 1 fully saturated rings. The van der Waals surface area contributed by atoms with Crippen LogP contribution in [0.5, 0.6) is 0 Å². The molecule has 0 aliphatic carbocycles. The number of nitrogens with zero attached hydrogens (tertiary/aromatic N) is 2. The molecule has 34 heavy (non-hydrogen) atoms. The lowest BCUT2D eigenvalue weighted by molar-refractivity contribution is -0.146. The van der Waals surface area contributed by atoms with Gasteiger partial charge in [0.2, 0.25) is 0 Å². The molecule has 0 spiro atoms. The second-order valence-electron chi connectivity index (χ2n) is 7.79. The highest BCUT2D eigenvalue weighted by molar-refractivity contribution is 6.35. The lowest BCUT2D eigenvalue weighted by atomic mass is 10.1. The Hall–Kier alpha value is -2.95. The van der Waals surface area contributed by atoms with E-state index in [1.165, 1.54) is 12.1 Å². The molecule has 0 radical (unpaired) electrons. The summed E-state index contributed by atoms with van der Waals surface area (Å²) in [6.45, 7) is 7.75. The van der Waals surface area contributed by atoms with Crippen molar-refractivity contribution in [2.24, 2.45) is 0 Å². The van der Waals surface area contributed by atoms with Crippen molar-refractivity contribution < 1.29 is 27.9 Å². The molecule has 0 saturated carbocycles. The third-order valence-electron chi connectivity index (χ3n) is 5.62. The molecule has 1 atom stereocenters. The van der Waals surface area contributed by atoms with E-state index in [1.54, 1.807) is 24.5 Å². The van der Waals surface area contributed by atoms with Gasteiger partial charge in [0.1, 0.15) is 11.6 Å². The second-order valence-corrected chi connectivity index (χ2v) is 7.79. The lowest BCUT2D eigenvalue weighted by Crippen LogP contribution is -2.51. The Bertz CT molecular complexity index is 879. The van der Waals surface area contributed by atoms with Crippen molar-refractivity contribution in [2.45, 2.75) is 26.2 Å². The summed E-state index contributed by atoms with van der Waals surface area (Å²) in [4.78, 5) is 29.0. The van der Waals surface area contributed by atoms with Gasteiger partial charge in [0.25, 0.3) is 0 Å². The quantitative estimate of drug-likeness (QED) is 0.378. The minimum absolute atomic E-state index is 0.0842. The number of anilines is 1. The predicted octanol–water partition coefficient (Wildman–Crippen LogP) is 1.91. The number of carbonyl (C=O) groups is 2. The first-order valence-electron chi connectivity index (χ1n) is 11.6. The summed E-state index contributed by atoms with van der Waals surface area (Å²) in [5, 5.41) is 5.26. The van der Waals surface area contributed by atoms with Gasteiger partial charge < -0.3 is 29.4 Å². The summed E-state index contributed by atoms with van der Waals surface area (Å²) < 4.78 is 29.6. The fourth-order valence-electron chi connectivity index (χ4n) is 3.90. The SMILES string of the molecule is CCOC(CNC(=O)C(=O)NC[C@H](c1ccco1)N1CCN(c2ccc(F)cc2)CC1)OCC. The molecule has 1 aliphatic heterocycles. The summed E-state index contributed by atoms with van der Waals surface area (Å²) in [6.07, 6.45) is 0.993. The molecule has 2 aromatic rings. The molecule has 2 N–H and O–H groups in total. The van der Waals surface area contributed by atoms with Gasteiger partial charge in [-0.3, -0.25) is 14.5 Å². The fourth-order valence-corrected chi connectivity index (χ4v) is 3.90. The van der Waals surface area contributed by atoms with Crippen molar-refractivity contribution in [3.63, 3.8) is 0 Å². The van der Waals surface area contributed by atoms with Crippen LogP contribution in [-0.2, 0) is 19.1 Å². The van der Waals surface area contributed by atoms with Gasteiger partial charge in [-0.05, 0) is 50.2 Å². The van der Waals surface area contributed by atoms with Crippen LogP contribution in [0.2, 0.25) is 0 Å². The van der Waals surface area contributed by atoms with Crippen LogP contribution < -0.4 is 15.5 Å². The molecule has 1 saturated heterocycles. The Kier molecular flexibility index (Phi) is 9.87. The summed E-state index contributed by atoms with van der Waals surface area (Å²) in [7, 11) is 0. The molecule has 1 aromatic heterocycles. The zero-order chi connectivity index (χ0) is 24.3. The van der Waals surface area contributed by atoms with E-state index < -0.39 is 18.1 Å². The molecule has 1 aromatic carbocycles. The van der Waals surface area contributed by atoms with E-state index in [2.05, 4.69) is 20.4 Å². The summed E-state index contributed by atoms with van der Waals surface area (Å²) in [5.41, 5.74) is 0.970. The van der Waals surface area contributed by atoms with E-state index >= 15 is 0 Å². The Labute approximate surface area is 199 Å². The maximum Gasteiger partial charge on any atom is 0.309 e. The molecular formula is C24H33FN4O5. The van der Waals surface area contributed by atoms with Crippen molar-refractivity contribution >= 4 is 17.5 Å². The Morgan fingerprint density at radius 3 is 2.15 bits per heavy atom. The highest BCUT2D eigenvalue weighted by Crippen LogP contribution is 2.24. The van der Waals surface area contributed by atoms with Crippen LogP contribution >= 0.6 is 0 Å². The first-order valence-corrected chi connectivity index (χ1v) is 11.6. The van der Waals surface area contributed by atoms with Crippen LogP contribution in [0.4, 0.5) is 10.1 Å². The van der Waals surface area contributed by atoms with E-state index in [0.29, 0.717) is 19.0 Å². The molecule has 0 bridgehead atoms. The molecule has 2 heterocycles. The summed E-state index contributed by atoms with van der Waals surface area (Å²) >= 11 is 0. The minimum Gasteiger partial charge on any atom is -0.468 e. The molecule has 10 heteroatoms. The number of amides is 2. The highest BCUT2D eigenvalue weighted by Gasteiger charge is 2.28. The Morgan fingerprint density at radius 2 is 1.59 bits per heavy atom. The highest BCUT2D eigenvalue weighted by atomic mass is 19.1. The van der Waals surface area contributed by atoms with Crippen LogP contribution in [0.1, 0.15) is 25.6 Å². The van der Waals surface area contributed by atoms with Crippen LogP contribution in [-0.4, -0.2) is 75.5 Å². The summed E-state index contributed by atoms with van der Waals surface area (Å²) in [5.74, 6) is -1.02. The van der Waals surface area contributed by atoms with Crippen LogP contribution in [0.3, 0.4) is 0 Å². The molecule has 0 unspecified atom stereocenters. The van der Waals surface area contributed by atoms with Crippen LogP contribution in [0, 0.1) is 5.82 Å². The third kappa shape index (κ3) is 7.28. The van der Waals surface area contributed by atoms with Crippen LogP contribution in [0.15, 0.2) is 47.1 Å². The molecule has 3 rings (SSSR count). The monoisotopic (exact) mass is 476 g/mol. The van der Waals surface area contributed by atoms with Gasteiger partial charge >= 0.3 is 11.8 Å². The zero-order valence-electron chi connectivity index (χ0n) is 19.7. The van der Waals surface area contributed by atoms with Gasteiger partial charge in [-0.2, -0.15) is 0 Å². The number of piperazine rings is 1. The topological polar surface area (TPSA) is 96.3 Å². The van der Waals surface area contributed by atoms with Gasteiger partial charge in [0.15, 0.2) is 6.29 Å². The fraction of sp³-hybridized carbons (Fsp3) is 0.500. The molecule has 2 amide bonds. The number of rotatable bonds is 11. The maximum atomic E-state index is 13.2. The van der Waals surface area contributed by atoms with E-state index in [4.69, 9.17) is 13.9 Å². The van der Waals surface area contributed by atoms with Gasteiger partial charge in [-0.1, -0.05) is 0 Å². The number of hydrogen-bond acceptors (Lipinski definition) is 7. The average Bonchev–Trinajstić information content (AvgIpc) is 3.38. The number of furan rings is 1.